The lowest BCUT2D eigenvalue weighted by atomic mass is 10.2. The van der Waals surface area contributed by atoms with Crippen molar-refractivity contribution in [2.45, 2.75) is 6.92 Å². The zero-order chi connectivity index (χ0) is 16.7. The van der Waals surface area contributed by atoms with Gasteiger partial charge in [-0.3, -0.25) is 19.2 Å². The Labute approximate surface area is 134 Å². The van der Waals surface area contributed by atoms with Gasteiger partial charge in [-0.2, -0.15) is 5.10 Å². The van der Waals surface area contributed by atoms with Crippen LogP contribution in [0.1, 0.15) is 16.2 Å². The SMILES string of the molecule is Cc1nn(C)c2c1N(C(=O)CN(C)C)c1ccccc1NC2=O. The van der Waals surface area contributed by atoms with Crippen molar-refractivity contribution in [2.75, 3.05) is 30.9 Å². The zero-order valence-corrected chi connectivity index (χ0v) is 13.6. The van der Waals surface area contributed by atoms with Gasteiger partial charge in [0.1, 0.15) is 5.69 Å². The van der Waals surface area contributed by atoms with Gasteiger partial charge in [0.2, 0.25) is 5.91 Å². The molecule has 2 aromatic rings. The molecular formula is C16H19N5O2. The minimum atomic E-state index is -0.268. The Hall–Kier alpha value is -2.67. The van der Waals surface area contributed by atoms with E-state index in [0.29, 0.717) is 28.5 Å². The third kappa shape index (κ3) is 2.49. The maximum absolute atomic E-state index is 12.9. The van der Waals surface area contributed by atoms with Gasteiger partial charge in [-0.05, 0) is 33.2 Å². The highest BCUT2D eigenvalue weighted by Gasteiger charge is 2.34. The fourth-order valence-electron chi connectivity index (χ4n) is 2.85. The molecule has 0 spiro atoms. The lowest BCUT2D eigenvalue weighted by Gasteiger charge is -2.24. The van der Waals surface area contributed by atoms with E-state index in [0.717, 1.165) is 0 Å². The van der Waals surface area contributed by atoms with Gasteiger partial charge >= 0.3 is 0 Å². The van der Waals surface area contributed by atoms with Crippen LogP contribution in [0.4, 0.5) is 17.1 Å². The van der Waals surface area contributed by atoms with Crippen LogP contribution in [-0.4, -0.2) is 47.1 Å². The van der Waals surface area contributed by atoms with Gasteiger partial charge in [0, 0.05) is 7.05 Å². The molecule has 0 bridgehead atoms. The third-order valence-electron chi connectivity index (χ3n) is 3.72. The average Bonchev–Trinajstić information content (AvgIpc) is 2.67. The Bertz CT molecular complexity index is 794. The van der Waals surface area contributed by atoms with Crippen LogP contribution in [0.25, 0.3) is 0 Å². The number of carbonyl (C=O) groups excluding carboxylic acids is 2. The van der Waals surface area contributed by atoms with Gasteiger partial charge in [0.15, 0.2) is 5.69 Å². The third-order valence-corrected chi connectivity index (χ3v) is 3.72. The molecule has 0 saturated heterocycles. The number of rotatable bonds is 2. The standard InChI is InChI=1S/C16H19N5O2/c1-10-14-15(20(4)18-10)16(23)17-11-7-5-6-8-12(11)21(14)13(22)9-19(2)3/h5-8H,9H2,1-4H3,(H,17,23). The number of fused-ring (bicyclic) bond motifs is 2. The molecule has 23 heavy (non-hydrogen) atoms. The van der Waals surface area contributed by atoms with Crippen molar-refractivity contribution in [1.82, 2.24) is 14.7 Å². The maximum Gasteiger partial charge on any atom is 0.276 e. The molecule has 0 atom stereocenters. The van der Waals surface area contributed by atoms with Crippen LogP contribution >= 0.6 is 0 Å². The van der Waals surface area contributed by atoms with Crippen LogP contribution in [0.3, 0.4) is 0 Å². The minimum absolute atomic E-state index is 0.115. The molecule has 0 aliphatic carbocycles. The summed E-state index contributed by atoms with van der Waals surface area (Å²) in [5.74, 6) is -0.382. The molecule has 7 heteroatoms. The second-order valence-electron chi connectivity index (χ2n) is 5.84. The molecule has 1 aliphatic rings. The molecule has 3 rings (SSSR count). The second-order valence-corrected chi connectivity index (χ2v) is 5.84. The van der Waals surface area contributed by atoms with Crippen molar-refractivity contribution in [3.8, 4) is 0 Å². The summed E-state index contributed by atoms with van der Waals surface area (Å²) in [5, 5.41) is 7.18. The van der Waals surface area contributed by atoms with Crippen molar-refractivity contribution < 1.29 is 9.59 Å². The normalized spacial score (nSPS) is 13.4. The first-order valence-corrected chi connectivity index (χ1v) is 7.32. The van der Waals surface area contributed by atoms with Crippen LogP contribution in [-0.2, 0) is 11.8 Å². The topological polar surface area (TPSA) is 70.5 Å². The first-order valence-electron chi connectivity index (χ1n) is 7.32. The van der Waals surface area contributed by atoms with E-state index in [4.69, 9.17) is 0 Å². The van der Waals surface area contributed by atoms with Gasteiger partial charge in [-0.25, -0.2) is 0 Å². The van der Waals surface area contributed by atoms with E-state index >= 15 is 0 Å². The van der Waals surface area contributed by atoms with E-state index in [1.165, 1.54) is 4.68 Å². The summed E-state index contributed by atoms with van der Waals surface area (Å²) in [4.78, 5) is 28.8. The minimum Gasteiger partial charge on any atom is -0.319 e. The summed E-state index contributed by atoms with van der Waals surface area (Å²) in [5.41, 5.74) is 2.83. The summed E-state index contributed by atoms with van der Waals surface area (Å²) in [6, 6.07) is 7.29. The fourth-order valence-corrected chi connectivity index (χ4v) is 2.85. The number of nitrogens with zero attached hydrogens (tertiary/aromatic N) is 4. The number of anilines is 3. The van der Waals surface area contributed by atoms with Crippen LogP contribution in [0.2, 0.25) is 0 Å². The molecule has 120 valence electrons. The molecule has 1 aromatic heterocycles. The van der Waals surface area contributed by atoms with Crippen molar-refractivity contribution in [3.63, 3.8) is 0 Å². The average molecular weight is 313 g/mol. The Kier molecular flexibility index (Phi) is 3.65. The second kappa shape index (κ2) is 5.51. The quantitative estimate of drug-likeness (QED) is 0.912. The Morgan fingerprint density at radius 1 is 1.30 bits per heavy atom. The van der Waals surface area contributed by atoms with Crippen LogP contribution in [0.5, 0.6) is 0 Å². The lowest BCUT2D eigenvalue weighted by Crippen LogP contribution is -2.35. The van der Waals surface area contributed by atoms with Crippen molar-refractivity contribution in [3.05, 3.63) is 35.7 Å². The summed E-state index contributed by atoms with van der Waals surface area (Å²) >= 11 is 0. The van der Waals surface area contributed by atoms with E-state index in [-0.39, 0.29) is 18.4 Å². The number of likely N-dealkylation sites (N-methyl/N-ethyl adjacent to an activating group) is 1. The van der Waals surface area contributed by atoms with Gasteiger partial charge < -0.3 is 10.2 Å². The molecule has 1 aliphatic heterocycles. The monoisotopic (exact) mass is 313 g/mol. The van der Waals surface area contributed by atoms with Crippen LogP contribution in [0.15, 0.2) is 24.3 Å². The molecule has 1 aromatic carbocycles. The predicted molar refractivity (Wildman–Crippen MR) is 88.0 cm³/mol. The van der Waals surface area contributed by atoms with Gasteiger partial charge in [0.05, 0.1) is 23.6 Å². The molecule has 0 saturated carbocycles. The highest BCUT2D eigenvalue weighted by atomic mass is 16.2. The summed E-state index contributed by atoms with van der Waals surface area (Å²) in [7, 11) is 5.38. The van der Waals surface area contributed by atoms with Crippen molar-refractivity contribution in [2.24, 2.45) is 7.05 Å². The van der Waals surface area contributed by atoms with Gasteiger partial charge in [-0.15, -0.1) is 0 Å². The molecule has 0 radical (unpaired) electrons. The molecule has 7 nitrogen and oxygen atoms in total. The van der Waals surface area contributed by atoms with Gasteiger partial charge in [0.25, 0.3) is 5.91 Å². The van der Waals surface area contributed by atoms with Gasteiger partial charge in [-0.1, -0.05) is 12.1 Å². The summed E-state index contributed by atoms with van der Waals surface area (Å²) in [6.45, 7) is 2.03. The van der Waals surface area contributed by atoms with E-state index in [1.54, 1.807) is 29.8 Å². The number of aryl methyl sites for hydroxylation is 2. The largest absolute Gasteiger partial charge is 0.319 e. The number of para-hydroxylation sites is 2. The predicted octanol–water partition coefficient (Wildman–Crippen LogP) is 1.52. The molecule has 0 fully saturated rings. The number of amides is 2. The smallest absolute Gasteiger partial charge is 0.276 e. The number of nitrogens with one attached hydrogen (secondary N) is 1. The Morgan fingerprint density at radius 2 is 2.00 bits per heavy atom. The maximum atomic E-state index is 12.9. The molecule has 1 N–H and O–H groups in total. The van der Waals surface area contributed by atoms with E-state index in [9.17, 15) is 9.59 Å². The van der Waals surface area contributed by atoms with Crippen molar-refractivity contribution >= 4 is 28.9 Å². The summed E-state index contributed by atoms with van der Waals surface area (Å²) in [6.07, 6.45) is 0. The first kappa shape index (κ1) is 15.2. The van der Waals surface area contributed by atoms with Crippen LogP contribution < -0.4 is 10.2 Å². The van der Waals surface area contributed by atoms with Crippen LogP contribution in [0, 0.1) is 6.92 Å². The number of benzene rings is 1. The van der Waals surface area contributed by atoms with Crippen molar-refractivity contribution in [1.29, 1.82) is 0 Å². The first-order chi connectivity index (χ1) is 10.9. The molecule has 2 heterocycles. The Morgan fingerprint density at radius 3 is 2.70 bits per heavy atom. The zero-order valence-electron chi connectivity index (χ0n) is 13.6. The van der Waals surface area contributed by atoms with E-state index in [1.807, 2.05) is 32.3 Å². The fraction of sp³-hybridized carbons (Fsp3) is 0.312. The number of carbonyl (C=O) groups is 2. The highest BCUT2D eigenvalue weighted by Crippen LogP contribution is 2.39. The Balaban J connectivity index is 2.26. The number of hydrogen-bond donors (Lipinski definition) is 1. The molecule has 0 unspecified atom stereocenters. The summed E-state index contributed by atoms with van der Waals surface area (Å²) < 4.78 is 1.52. The number of aromatic nitrogens is 2. The lowest BCUT2D eigenvalue weighted by molar-refractivity contribution is -0.118. The number of hydrogen-bond acceptors (Lipinski definition) is 4. The van der Waals surface area contributed by atoms with E-state index in [2.05, 4.69) is 10.4 Å². The molecular weight excluding hydrogens is 294 g/mol. The van der Waals surface area contributed by atoms with E-state index < -0.39 is 0 Å². The highest BCUT2D eigenvalue weighted by molar-refractivity contribution is 6.17. The molecule has 2 amide bonds.